The molecule has 0 spiro atoms. The predicted octanol–water partition coefficient (Wildman–Crippen LogP) is 4.21. The predicted molar refractivity (Wildman–Crippen MR) is 103 cm³/mol. The number of nitrogens with zero attached hydrogens (tertiary/aromatic N) is 2. The lowest BCUT2D eigenvalue weighted by atomic mass is 10.2. The minimum atomic E-state index is -1.31. The molecule has 0 atom stereocenters. The number of unbranched alkanes of at least 4 members (excludes halogenated alkanes) is 1. The zero-order chi connectivity index (χ0) is 18.3. The molecule has 0 saturated carbocycles. The Morgan fingerprint density at radius 2 is 1.96 bits per heavy atom. The maximum atomic E-state index is 12.4. The number of aryl methyl sites for hydroxylation is 2. The first-order chi connectivity index (χ1) is 11.8. The fraction of sp³-hybridized carbons (Fsp3) is 0.400. The van der Waals surface area contributed by atoms with E-state index in [1.54, 1.807) is 10.7 Å². The number of carbonyl (C=O) groups is 1. The van der Waals surface area contributed by atoms with Crippen LogP contribution in [0.3, 0.4) is 0 Å². The molecule has 0 radical (unpaired) electrons. The number of hydrogen-bond donors (Lipinski definition) is 0. The van der Waals surface area contributed by atoms with E-state index in [9.17, 15) is 4.79 Å². The summed E-state index contributed by atoms with van der Waals surface area (Å²) in [6.07, 6.45) is 1.69. The van der Waals surface area contributed by atoms with E-state index in [0.717, 1.165) is 24.1 Å². The van der Waals surface area contributed by atoms with E-state index in [-0.39, 0.29) is 12.6 Å². The lowest BCUT2D eigenvalue weighted by Crippen LogP contribution is -2.16. The Hall–Kier alpha value is -2.32. The number of aromatic nitrogens is 2. The summed E-state index contributed by atoms with van der Waals surface area (Å²) in [6.45, 7) is 9.53. The van der Waals surface area contributed by atoms with Crippen LogP contribution in [0, 0.1) is 18.4 Å². The molecular weight excluding hydrogens is 328 g/mol. The second-order valence-corrected chi connectivity index (χ2v) is 11.9. The van der Waals surface area contributed by atoms with Crippen molar-refractivity contribution in [1.82, 2.24) is 9.78 Å². The molecule has 0 fully saturated rings. The molecule has 1 heterocycles. The zero-order valence-corrected chi connectivity index (χ0v) is 16.5. The van der Waals surface area contributed by atoms with Crippen LogP contribution in [0.2, 0.25) is 19.6 Å². The van der Waals surface area contributed by atoms with Gasteiger partial charge < -0.3 is 4.74 Å². The molecule has 132 valence electrons. The molecule has 4 nitrogen and oxygen atoms in total. The molecule has 0 aliphatic rings. The summed E-state index contributed by atoms with van der Waals surface area (Å²) in [4.78, 5) is 12.4. The van der Waals surface area contributed by atoms with Crippen molar-refractivity contribution in [2.75, 3.05) is 0 Å². The molecule has 2 rings (SSSR count). The minimum Gasteiger partial charge on any atom is -0.456 e. The summed E-state index contributed by atoms with van der Waals surface area (Å²) in [5.74, 6) is 2.92. The van der Waals surface area contributed by atoms with E-state index in [0.29, 0.717) is 12.2 Å². The maximum absolute atomic E-state index is 12.4. The number of rotatable bonds is 6. The van der Waals surface area contributed by atoms with Crippen molar-refractivity contribution in [3.05, 3.63) is 53.3 Å². The van der Waals surface area contributed by atoms with E-state index in [2.05, 4.69) is 36.2 Å². The quantitative estimate of drug-likeness (QED) is 0.338. The summed E-state index contributed by atoms with van der Waals surface area (Å²) >= 11 is 0. The smallest absolute Gasteiger partial charge is 0.356 e. The van der Waals surface area contributed by atoms with Crippen molar-refractivity contribution in [3.63, 3.8) is 0 Å². The third-order valence-electron chi connectivity index (χ3n) is 3.46. The third-order valence-corrected chi connectivity index (χ3v) is 4.39. The largest absolute Gasteiger partial charge is 0.456 e. The molecular formula is C20H26N2O2Si. The highest BCUT2D eigenvalue weighted by Crippen LogP contribution is 2.10. The van der Waals surface area contributed by atoms with Gasteiger partial charge in [0.1, 0.15) is 20.4 Å². The second-order valence-electron chi connectivity index (χ2n) is 7.11. The standard InChI is InChI=1S/C20H26N2O2Si/c1-17-15-19(20(23)24-16-18-11-7-5-8-12-18)22(21-17)13-9-6-10-14-25(2,3)4/h5,7-8,11-12,15H,6,9,13,16H2,1-4H3. The average Bonchev–Trinajstić information content (AvgIpc) is 2.93. The summed E-state index contributed by atoms with van der Waals surface area (Å²) in [7, 11) is -1.31. The highest BCUT2D eigenvalue weighted by molar-refractivity contribution is 6.83. The minimum absolute atomic E-state index is 0.269. The van der Waals surface area contributed by atoms with Crippen molar-refractivity contribution < 1.29 is 9.53 Å². The Balaban J connectivity index is 1.92. The number of ether oxygens (including phenoxy) is 1. The van der Waals surface area contributed by atoms with Crippen molar-refractivity contribution in [2.24, 2.45) is 0 Å². The van der Waals surface area contributed by atoms with Gasteiger partial charge in [-0.05, 0) is 25.0 Å². The monoisotopic (exact) mass is 354 g/mol. The van der Waals surface area contributed by atoms with Crippen LogP contribution in [0.4, 0.5) is 0 Å². The molecule has 0 amide bonds. The van der Waals surface area contributed by atoms with Crippen molar-refractivity contribution >= 4 is 14.0 Å². The lowest BCUT2D eigenvalue weighted by molar-refractivity contribution is 0.0458. The molecule has 0 unspecified atom stereocenters. The van der Waals surface area contributed by atoms with Gasteiger partial charge in [-0.1, -0.05) is 50.0 Å². The van der Waals surface area contributed by atoms with E-state index in [4.69, 9.17) is 4.74 Å². The van der Waals surface area contributed by atoms with Crippen molar-refractivity contribution in [2.45, 2.75) is 52.6 Å². The number of hydrogen-bond acceptors (Lipinski definition) is 3. The molecule has 25 heavy (non-hydrogen) atoms. The number of esters is 1. The molecule has 0 saturated heterocycles. The highest BCUT2D eigenvalue weighted by atomic mass is 28.3. The Kier molecular flexibility index (Phi) is 6.60. The van der Waals surface area contributed by atoms with Crippen LogP contribution < -0.4 is 0 Å². The van der Waals surface area contributed by atoms with Gasteiger partial charge in [0.05, 0.1) is 5.69 Å². The lowest BCUT2D eigenvalue weighted by Gasteiger charge is -2.07. The van der Waals surface area contributed by atoms with Gasteiger partial charge in [0.25, 0.3) is 0 Å². The van der Waals surface area contributed by atoms with Gasteiger partial charge in [0, 0.05) is 13.0 Å². The van der Waals surface area contributed by atoms with Gasteiger partial charge in [-0.2, -0.15) is 5.10 Å². The maximum Gasteiger partial charge on any atom is 0.356 e. The molecule has 0 aliphatic carbocycles. The van der Waals surface area contributed by atoms with Crippen LogP contribution in [-0.2, 0) is 17.9 Å². The Bertz CT molecular complexity index is 764. The molecule has 0 aliphatic heterocycles. The SMILES string of the molecule is Cc1cc(C(=O)OCc2ccccc2)n(CCCC#C[Si](C)(C)C)n1. The molecule has 0 bridgehead atoms. The molecule has 1 aromatic heterocycles. The van der Waals surface area contributed by atoms with Crippen molar-refractivity contribution in [3.8, 4) is 11.5 Å². The van der Waals surface area contributed by atoms with Gasteiger partial charge in [0.2, 0.25) is 0 Å². The first kappa shape index (κ1) is 19.0. The van der Waals surface area contributed by atoms with Crippen LogP contribution in [0.25, 0.3) is 0 Å². The fourth-order valence-electron chi connectivity index (χ4n) is 2.32. The van der Waals surface area contributed by atoms with Gasteiger partial charge in [-0.15, -0.1) is 11.5 Å². The van der Waals surface area contributed by atoms with Gasteiger partial charge in [-0.3, -0.25) is 4.68 Å². The molecule has 5 heteroatoms. The van der Waals surface area contributed by atoms with Crippen LogP contribution >= 0.6 is 0 Å². The molecule has 2 aromatic rings. The summed E-state index contributed by atoms with van der Waals surface area (Å²) in [6, 6.07) is 11.5. The van der Waals surface area contributed by atoms with E-state index >= 15 is 0 Å². The van der Waals surface area contributed by atoms with E-state index in [1.807, 2.05) is 37.3 Å². The van der Waals surface area contributed by atoms with Crippen LogP contribution in [0.1, 0.15) is 34.6 Å². The van der Waals surface area contributed by atoms with Crippen LogP contribution in [-0.4, -0.2) is 23.8 Å². The molecule has 0 N–H and O–H groups in total. The normalized spacial score (nSPS) is 10.9. The zero-order valence-electron chi connectivity index (χ0n) is 15.5. The number of carbonyl (C=O) groups excluding carboxylic acids is 1. The average molecular weight is 355 g/mol. The van der Waals surface area contributed by atoms with Crippen LogP contribution in [0.15, 0.2) is 36.4 Å². The molecule has 1 aromatic carbocycles. The number of benzene rings is 1. The summed E-state index contributed by atoms with van der Waals surface area (Å²) in [5.41, 5.74) is 5.65. The van der Waals surface area contributed by atoms with Crippen LogP contribution in [0.5, 0.6) is 0 Å². The van der Waals surface area contributed by atoms with Crippen molar-refractivity contribution in [1.29, 1.82) is 0 Å². The van der Waals surface area contributed by atoms with Gasteiger partial charge in [0.15, 0.2) is 0 Å². The Morgan fingerprint density at radius 1 is 1.24 bits per heavy atom. The Labute approximate surface area is 151 Å². The first-order valence-corrected chi connectivity index (χ1v) is 12.1. The second kappa shape index (κ2) is 8.68. The van der Waals surface area contributed by atoms with E-state index < -0.39 is 8.07 Å². The fourth-order valence-corrected chi connectivity index (χ4v) is 2.98. The Morgan fingerprint density at radius 3 is 2.64 bits per heavy atom. The topological polar surface area (TPSA) is 44.1 Å². The third kappa shape index (κ3) is 6.59. The first-order valence-electron chi connectivity index (χ1n) is 8.61. The van der Waals surface area contributed by atoms with Gasteiger partial charge in [-0.25, -0.2) is 4.79 Å². The summed E-state index contributed by atoms with van der Waals surface area (Å²) in [5, 5.41) is 4.41. The highest BCUT2D eigenvalue weighted by Gasteiger charge is 2.15. The van der Waals surface area contributed by atoms with E-state index in [1.165, 1.54) is 0 Å². The summed E-state index contributed by atoms with van der Waals surface area (Å²) < 4.78 is 7.15. The van der Waals surface area contributed by atoms with Gasteiger partial charge >= 0.3 is 5.97 Å².